The molecule has 19 heavy (non-hydrogen) atoms. The maximum absolute atomic E-state index is 6.24. The Morgan fingerprint density at radius 3 is 2.84 bits per heavy atom. The van der Waals surface area contributed by atoms with Crippen LogP contribution in [-0.4, -0.2) is 12.1 Å². The maximum atomic E-state index is 6.24. The van der Waals surface area contributed by atoms with Crippen molar-refractivity contribution in [3.8, 4) is 5.75 Å². The SMILES string of the molecule is COc1cc(Cl)ccc1C(N)Cc1cncc(Br)c1. The number of pyridine rings is 1. The zero-order valence-corrected chi connectivity index (χ0v) is 12.8. The number of hydrogen-bond acceptors (Lipinski definition) is 3. The second-order valence-corrected chi connectivity index (χ2v) is 5.56. The van der Waals surface area contributed by atoms with Gasteiger partial charge in [0.1, 0.15) is 5.75 Å². The molecule has 0 fully saturated rings. The highest BCUT2D eigenvalue weighted by Crippen LogP contribution is 2.29. The van der Waals surface area contributed by atoms with Crippen molar-refractivity contribution in [3.63, 3.8) is 0 Å². The van der Waals surface area contributed by atoms with Crippen molar-refractivity contribution in [1.29, 1.82) is 0 Å². The topological polar surface area (TPSA) is 48.1 Å². The molecule has 100 valence electrons. The summed E-state index contributed by atoms with van der Waals surface area (Å²) in [6.07, 6.45) is 4.25. The van der Waals surface area contributed by atoms with E-state index in [-0.39, 0.29) is 6.04 Å². The summed E-state index contributed by atoms with van der Waals surface area (Å²) < 4.78 is 6.26. The fourth-order valence-electron chi connectivity index (χ4n) is 1.92. The molecule has 2 aromatic rings. The third-order valence-corrected chi connectivity index (χ3v) is 3.48. The molecule has 2 rings (SSSR count). The smallest absolute Gasteiger partial charge is 0.125 e. The Morgan fingerprint density at radius 2 is 2.16 bits per heavy atom. The minimum atomic E-state index is -0.164. The zero-order chi connectivity index (χ0) is 13.8. The minimum absolute atomic E-state index is 0.164. The van der Waals surface area contributed by atoms with Gasteiger partial charge in [0.15, 0.2) is 0 Å². The molecule has 5 heteroatoms. The zero-order valence-electron chi connectivity index (χ0n) is 10.4. The molecule has 0 bridgehead atoms. The predicted molar refractivity (Wildman–Crippen MR) is 80.6 cm³/mol. The molecule has 0 aliphatic carbocycles. The van der Waals surface area contributed by atoms with Crippen LogP contribution >= 0.6 is 27.5 Å². The molecular weight excluding hydrogens is 328 g/mol. The number of hydrogen-bond donors (Lipinski definition) is 1. The van der Waals surface area contributed by atoms with E-state index in [4.69, 9.17) is 22.1 Å². The Hall–Kier alpha value is -1.10. The second-order valence-electron chi connectivity index (χ2n) is 4.21. The van der Waals surface area contributed by atoms with Gasteiger partial charge in [-0.3, -0.25) is 4.98 Å². The van der Waals surface area contributed by atoms with Crippen molar-refractivity contribution in [2.75, 3.05) is 7.11 Å². The lowest BCUT2D eigenvalue weighted by Gasteiger charge is -2.16. The van der Waals surface area contributed by atoms with E-state index in [0.29, 0.717) is 17.2 Å². The molecule has 1 aromatic heterocycles. The van der Waals surface area contributed by atoms with Crippen LogP contribution in [0.1, 0.15) is 17.2 Å². The van der Waals surface area contributed by atoms with E-state index in [0.717, 1.165) is 15.6 Å². The molecule has 1 heterocycles. The van der Waals surface area contributed by atoms with Crippen molar-refractivity contribution in [3.05, 3.63) is 57.3 Å². The Kier molecular flexibility index (Phi) is 4.80. The molecule has 0 saturated carbocycles. The first-order valence-electron chi connectivity index (χ1n) is 5.78. The largest absolute Gasteiger partial charge is 0.496 e. The summed E-state index contributed by atoms with van der Waals surface area (Å²) in [5.41, 5.74) is 8.24. The lowest BCUT2D eigenvalue weighted by Crippen LogP contribution is -2.14. The minimum Gasteiger partial charge on any atom is -0.496 e. The summed E-state index contributed by atoms with van der Waals surface area (Å²) in [5.74, 6) is 0.711. The van der Waals surface area contributed by atoms with Gasteiger partial charge in [-0.05, 0) is 46.1 Å². The van der Waals surface area contributed by atoms with Gasteiger partial charge in [-0.1, -0.05) is 17.7 Å². The van der Waals surface area contributed by atoms with Crippen LogP contribution in [0.3, 0.4) is 0 Å². The first kappa shape index (κ1) is 14.3. The number of halogens is 2. The van der Waals surface area contributed by atoms with E-state index in [9.17, 15) is 0 Å². The fourth-order valence-corrected chi connectivity index (χ4v) is 2.50. The third kappa shape index (κ3) is 3.69. The Balaban J connectivity index is 2.22. The highest BCUT2D eigenvalue weighted by atomic mass is 79.9. The van der Waals surface area contributed by atoms with Crippen molar-refractivity contribution in [2.45, 2.75) is 12.5 Å². The van der Waals surface area contributed by atoms with Crippen LogP contribution in [0.5, 0.6) is 5.75 Å². The Bertz CT molecular complexity index is 577. The van der Waals surface area contributed by atoms with Crippen LogP contribution in [-0.2, 0) is 6.42 Å². The van der Waals surface area contributed by atoms with Crippen LogP contribution in [0.4, 0.5) is 0 Å². The van der Waals surface area contributed by atoms with E-state index in [2.05, 4.69) is 20.9 Å². The fraction of sp³-hybridized carbons (Fsp3) is 0.214. The number of nitrogens with zero attached hydrogens (tertiary/aromatic N) is 1. The summed E-state index contributed by atoms with van der Waals surface area (Å²) >= 11 is 9.34. The molecule has 0 aliphatic heterocycles. The van der Waals surface area contributed by atoms with E-state index in [1.165, 1.54) is 0 Å². The third-order valence-electron chi connectivity index (χ3n) is 2.81. The Morgan fingerprint density at radius 1 is 1.37 bits per heavy atom. The van der Waals surface area contributed by atoms with Crippen LogP contribution < -0.4 is 10.5 Å². The van der Waals surface area contributed by atoms with Crippen LogP contribution in [0.25, 0.3) is 0 Å². The van der Waals surface area contributed by atoms with Gasteiger partial charge in [0, 0.05) is 33.5 Å². The molecule has 0 spiro atoms. The van der Waals surface area contributed by atoms with Gasteiger partial charge in [-0.25, -0.2) is 0 Å². The molecular formula is C14H14BrClN2O. The number of methoxy groups -OCH3 is 1. The molecule has 1 unspecified atom stereocenters. The van der Waals surface area contributed by atoms with E-state index in [1.54, 1.807) is 19.4 Å². The number of rotatable bonds is 4. The Labute approximate surface area is 125 Å². The monoisotopic (exact) mass is 340 g/mol. The summed E-state index contributed by atoms with van der Waals surface area (Å²) in [7, 11) is 1.61. The quantitative estimate of drug-likeness (QED) is 0.921. The van der Waals surface area contributed by atoms with Crippen molar-refractivity contribution in [2.24, 2.45) is 5.73 Å². The van der Waals surface area contributed by atoms with E-state index >= 15 is 0 Å². The highest BCUT2D eigenvalue weighted by Gasteiger charge is 2.13. The second kappa shape index (κ2) is 6.37. The summed E-state index contributed by atoms with van der Waals surface area (Å²) in [4.78, 5) is 4.13. The summed E-state index contributed by atoms with van der Waals surface area (Å²) in [6, 6.07) is 7.34. The molecule has 1 aromatic carbocycles. The number of benzene rings is 1. The average molecular weight is 342 g/mol. The number of ether oxygens (including phenoxy) is 1. The first-order chi connectivity index (χ1) is 9.10. The van der Waals surface area contributed by atoms with Gasteiger partial charge in [-0.2, -0.15) is 0 Å². The highest BCUT2D eigenvalue weighted by molar-refractivity contribution is 9.10. The van der Waals surface area contributed by atoms with Gasteiger partial charge >= 0.3 is 0 Å². The van der Waals surface area contributed by atoms with Gasteiger partial charge < -0.3 is 10.5 Å². The maximum Gasteiger partial charge on any atom is 0.125 e. The number of aromatic nitrogens is 1. The van der Waals surface area contributed by atoms with Gasteiger partial charge in [0.2, 0.25) is 0 Å². The molecule has 0 saturated heterocycles. The van der Waals surface area contributed by atoms with Crippen molar-refractivity contribution < 1.29 is 4.74 Å². The summed E-state index contributed by atoms with van der Waals surface area (Å²) in [5, 5.41) is 0.636. The van der Waals surface area contributed by atoms with Gasteiger partial charge in [0.25, 0.3) is 0 Å². The molecule has 1 atom stereocenters. The number of nitrogens with two attached hydrogens (primary N) is 1. The van der Waals surface area contributed by atoms with Crippen LogP contribution in [0, 0.1) is 0 Å². The van der Waals surface area contributed by atoms with Crippen molar-refractivity contribution in [1.82, 2.24) is 4.98 Å². The lowest BCUT2D eigenvalue weighted by atomic mass is 10.00. The molecule has 0 radical (unpaired) electrons. The average Bonchev–Trinajstić information content (AvgIpc) is 2.38. The van der Waals surface area contributed by atoms with Gasteiger partial charge in [-0.15, -0.1) is 0 Å². The molecule has 0 amide bonds. The lowest BCUT2D eigenvalue weighted by molar-refractivity contribution is 0.405. The van der Waals surface area contributed by atoms with Crippen molar-refractivity contribution >= 4 is 27.5 Å². The molecule has 3 nitrogen and oxygen atoms in total. The summed E-state index contributed by atoms with van der Waals surface area (Å²) in [6.45, 7) is 0. The molecule has 0 aliphatic rings. The van der Waals surface area contributed by atoms with Crippen LogP contribution in [0.15, 0.2) is 41.1 Å². The standard InChI is InChI=1S/C14H14BrClN2O/c1-19-14-6-11(16)2-3-12(14)13(17)5-9-4-10(15)8-18-7-9/h2-4,6-8,13H,5,17H2,1H3. The first-order valence-corrected chi connectivity index (χ1v) is 6.95. The normalized spacial score (nSPS) is 12.2. The van der Waals surface area contributed by atoms with E-state index < -0.39 is 0 Å². The van der Waals surface area contributed by atoms with Gasteiger partial charge in [0.05, 0.1) is 7.11 Å². The predicted octanol–water partition coefficient (Wildman–Crippen LogP) is 3.75. The van der Waals surface area contributed by atoms with E-state index in [1.807, 2.05) is 24.4 Å². The van der Waals surface area contributed by atoms with Crippen LogP contribution in [0.2, 0.25) is 5.02 Å². The molecule has 2 N–H and O–H groups in total.